The number of aromatic amines is 2. The molecule has 0 aliphatic carbocycles. The summed E-state index contributed by atoms with van der Waals surface area (Å²) in [4.78, 5) is 8.06. The van der Waals surface area contributed by atoms with Crippen molar-refractivity contribution in [1.82, 2.24) is 20.2 Å². The van der Waals surface area contributed by atoms with Crippen LogP contribution in [0.2, 0.25) is 0 Å². The first-order valence-corrected chi connectivity index (χ1v) is 8.44. The normalized spacial score (nSPS) is 11.3. The number of nitrogens with one attached hydrogen (secondary N) is 2. The molecule has 5 rings (SSSR count). The van der Waals surface area contributed by atoms with E-state index in [1.54, 1.807) is 0 Å². The molecule has 0 atom stereocenters. The van der Waals surface area contributed by atoms with E-state index in [0.717, 1.165) is 50.8 Å². The highest BCUT2D eigenvalue weighted by Crippen LogP contribution is 2.31. The lowest BCUT2D eigenvalue weighted by molar-refractivity contribution is 0.593. The largest absolute Gasteiger partial charge is 0.453 e. The average Bonchev–Trinajstić information content (AvgIpc) is 3.40. The fraction of sp³-hybridized carbons (Fsp3) is 0.0476. The van der Waals surface area contributed by atoms with Crippen molar-refractivity contribution in [2.24, 2.45) is 0 Å². The van der Waals surface area contributed by atoms with Crippen molar-refractivity contribution in [1.29, 1.82) is 0 Å². The van der Waals surface area contributed by atoms with Crippen molar-refractivity contribution < 1.29 is 4.42 Å². The Labute approximate surface area is 149 Å². The summed E-state index contributed by atoms with van der Waals surface area (Å²) >= 11 is 0. The summed E-state index contributed by atoms with van der Waals surface area (Å²) in [7, 11) is 0. The Balaban J connectivity index is 1.52. The van der Waals surface area contributed by atoms with E-state index in [2.05, 4.69) is 27.3 Å². The van der Waals surface area contributed by atoms with Gasteiger partial charge in [-0.25, -0.2) is 4.98 Å². The number of rotatable bonds is 3. The van der Waals surface area contributed by atoms with Gasteiger partial charge >= 0.3 is 0 Å². The second kappa shape index (κ2) is 5.74. The summed E-state index contributed by atoms with van der Waals surface area (Å²) in [6.07, 6.45) is 1.81. The summed E-state index contributed by atoms with van der Waals surface area (Å²) in [6.45, 7) is 2.02. The number of furan rings is 1. The van der Waals surface area contributed by atoms with E-state index >= 15 is 0 Å². The minimum atomic E-state index is 0.718. The minimum Gasteiger partial charge on any atom is -0.453 e. The van der Waals surface area contributed by atoms with Gasteiger partial charge in [0, 0.05) is 22.2 Å². The topological polar surface area (TPSA) is 70.5 Å². The maximum atomic E-state index is 6.06. The third-order valence-corrected chi connectivity index (χ3v) is 4.50. The Kier molecular flexibility index (Phi) is 3.25. The summed E-state index contributed by atoms with van der Waals surface area (Å²) in [5.74, 6) is 2.25. The van der Waals surface area contributed by atoms with E-state index in [-0.39, 0.29) is 0 Å². The first-order chi connectivity index (χ1) is 12.8. The lowest BCUT2D eigenvalue weighted by Crippen LogP contribution is -1.79. The Morgan fingerprint density at radius 3 is 2.62 bits per heavy atom. The van der Waals surface area contributed by atoms with Crippen LogP contribution < -0.4 is 0 Å². The molecule has 5 nitrogen and oxygen atoms in total. The zero-order chi connectivity index (χ0) is 17.5. The molecule has 0 saturated carbocycles. The third kappa shape index (κ3) is 2.41. The molecule has 3 heterocycles. The number of imidazole rings is 1. The molecule has 0 spiro atoms. The molecule has 0 unspecified atom stereocenters. The van der Waals surface area contributed by atoms with Gasteiger partial charge in [0.15, 0.2) is 11.6 Å². The number of hydrogen-bond donors (Lipinski definition) is 2. The number of hydrogen-bond acceptors (Lipinski definition) is 3. The molecule has 5 heteroatoms. The second-order valence-electron chi connectivity index (χ2n) is 6.26. The molecule has 0 aliphatic heterocycles. The van der Waals surface area contributed by atoms with Crippen LogP contribution in [-0.2, 0) is 0 Å². The summed E-state index contributed by atoms with van der Waals surface area (Å²) in [5.41, 5.74) is 5.03. The van der Waals surface area contributed by atoms with Gasteiger partial charge in [-0.05, 0) is 25.1 Å². The molecule has 0 aliphatic rings. The van der Waals surface area contributed by atoms with Gasteiger partial charge in [0.05, 0.1) is 17.4 Å². The summed E-state index contributed by atoms with van der Waals surface area (Å²) in [6, 6.07) is 20.1. The maximum Gasteiger partial charge on any atom is 0.174 e. The molecule has 0 radical (unpaired) electrons. The zero-order valence-corrected chi connectivity index (χ0v) is 14.2. The number of benzene rings is 2. The van der Waals surface area contributed by atoms with Crippen LogP contribution in [0.15, 0.2) is 71.3 Å². The van der Waals surface area contributed by atoms with Crippen molar-refractivity contribution in [3.05, 3.63) is 72.6 Å². The molecule has 26 heavy (non-hydrogen) atoms. The van der Waals surface area contributed by atoms with E-state index in [1.807, 2.05) is 61.7 Å². The Bertz CT molecular complexity index is 1200. The van der Waals surface area contributed by atoms with E-state index in [1.165, 1.54) is 0 Å². The van der Waals surface area contributed by atoms with Crippen molar-refractivity contribution in [2.75, 3.05) is 0 Å². The van der Waals surface area contributed by atoms with Gasteiger partial charge in [-0.3, -0.25) is 5.10 Å². The first kappa shape index (κ1) is 14.7. The average molecular weight is 340 g/mol. The molecular weight excluding hydrogens is 324 g/mol. The fourth-order valence-electron chi connectivity index (χ4n) is 3.16. The standard InChI is InChI=1S/C21H16N4O/c1-13-20(14-5-3-2-4-6-14)24-21(23-13)19-10-9-18(26-19)15-7-8-16-12-22-25-17(16)11-15/h2-12H,1H3,(H,22,25)(H,23,24). The van der Waals surface area contributed by atoms with Gasteiger partial charge in [0.25, 0.3) is 0 Å². The first-order valence-electron chi connectivity index (χ1n) is 8.44. The summed E-state index contributed by atoms with van der Waals surface area (Å²) < 4.78 is 6.06. The predicted octanol–water partition coefficient (Wildman–Crippen LogP) is 5.19. The minimum absolute atomic E-state index is 0.718. The molecule has 2 aromatic carbocycles. The van der Waals surface area contributed by atoms with E-state index in [9.17, 15) is 0 Å². The quantitative estimate of drug-likeness (QED) is 0.475. The second-order valence-corrected chi connectivity index (χ2v) is 6.26. The molecule has 0 saturated heterocycles. The smallest absolute Gasteiger partial charge is 0.174 e. The lowest BCUT2D eigenvalue weighted by atomic mass is 10.1. The molecule has 3 aromatic heterocycles. The Hall–Kier alpha value is -3.60. The molecule has 0 amide bonds. The predicted molar refractivity (Wildman–Crippen MR) is 102 cm³/mol. The van der Waals surface area contributed by atoms with Crippen molar-refractivity contribution in [2.45, 2.75) is 6.92 Å². The third-order valence-electron chi connectivity index (χ3n) is 4.50. The van der Waals surface area contributed by atoms with Crippen LogP contribution in [0.4, 0.5) is 0 Å². The highest BCUT2D eigenvalue weighted by atomic mass is 16.3. The van der Waals surface area contributed by atoms with Gasteiger partial charge in [-0.2, -0.15) is 5.10 Å². The van der Waals surface area contributed by atoms with Gasteiger partial charge in [0.1, 0.15) is 5.76 Å². The van der Waals surface area contributed by atoms with Crippen LogP contribution in [0.1, 0.15) is 5.69 Å². The fourth-order valence-corrected chi connectivity index (χ4v) is 3.16. The van der Waals surface area contributed by atoms with Crippen LogP contribution in [0.3, 0.4) is 0 Å². The molecule has 2 N–H and O–H groups in total. The zero-order valence-electron chi connectivity index (χ0n) is 14.2. The number of nitrogens with zero attached hydrogens (tertiary/aromatic N) is 2. The van der Waals surface area contributed by atoms with Crippen molar-refractivity contribution in [3.8, 4) is 34.2 Å². The van der Waals surface area contributed by atoms with Crippen LogP contribution in [-0.4, -0.2) is 20.2 Å². The molecule has 126 valence electrons. The van der Waals surface area contributed by atoms with Crippen molar-refractivity contribution in [3.63, 3.8) is 0 Å². The molecular formula is C21H16N4O. The Morgan fingerprint density at radius 2 is 1.73 bits per heavy atom. The highest BCUT2D eigenvalue weighted by Gasteiger charge is 2.14. The number of aromatic nitrogens is 4. The molecule has 5 aromatic rings. The molecule has 0 fully saturated rings. The monoisotopic (exact) mass is 340 g/mol. The van der Waals surface area contributed by atoms with E-state index in [0.29, 0.717) is 0 Å². The Morgan fingerprint density at radius 1 is 0.885 bits per heavy atom. The van der Waals surface area contributed by atoms with E-state index < -0.39 is 0 Å². The van der Waals surface area contributed by atoms with Crippen LogP contribution in [0, 0.1) is 6.92 Å². The molecule has 0 bridgehead atoms. The maximum absolute atomic E-state index is 6.06. The SMILES string of the molecule is Cc1[nH]c(-c2ccc(-c3ccc4cn[nH]c4c3)o2)nc1-c1ccccc1. The van der Waals surface area contributed by atoms with Crippen LogP contribution in [0.5, 0.6) is 0 Å². The summed E-state index contributed by atoms with van der Waals surface area (Å²) in [5, 5.41) is 8.12. The number of H-pyrrole nitrogens is 2. The van der Waals surface area contributed by atoms with Crippen LogP contribution in [0.25, 0.3) is 45.1 Å². The number of aryl methyl sites for hydroxylation is 1. The van der Waals surface area contributed by atoms with Crippen LogP contribution >= 0.6 is 0 Å². The van der Waals surface area contributed by atoms with Gasteiger partial charge in [-0.15, -0.1) is 0 Å². The lowest BCUT2D eigenvalue weighted by Gasteiger charge is -1.97. The number of fused-ring (bicyclic) bond motifs is 1. The van der Waals surface area contributed by atoms with Gasteiger partial charge in [0.2, 0.25) is 0 Å². The van der Waals surface area contributed by atoms with Gasteiger partial charge in [-0.1, -0.05) is 42.5 Å². The van der Waals surface area contributed by atoms with Gasteiger partial charge < -0.3 is 9.40 Å². The van der Waals surface area contributed by atoms with Crippen molar-refractivity contribution >= 4 is 10.9 Å². The van der Waals surface area contributed by atoms with E-state index in [4.69, 9.17) is 9.40 Å². The highest BCUT2D eigenvalue weighted by molar-refractivity contribution is 5.83.